The lowest BCUT2D eigenvalue weighted by atomic mass is 10.2. The van der Waals surface area contributed by atoms with E-state index in [1.807, 2.05) is 19.1 Å². The Morgan fingerprint density at radius 2 is 2.22 bits per heavy atom. The van der Waals surface area contributed by atoms with Crippen LogP contribution in [0.15, 0.2) is 12.1 Å². The van der Waals surface area contributed by atoms with E-state index in [-0.39, 0.29) is 19.6 Å². The largest absolute Gasteiger partial charge is 0.452 e. The lowest BCUT2D eigenvalue weighted by Crippen LogP contribution is -2.29. The monoisotopic (exact) mass is 315 g/mol. The van der Waals surface area contributed by atoms with E-state index in [1.54, 1.807) is 6.08 Å². The fourth-order valence-electron chi connectivity index (χ4n) is 2.52. The Morgan fingerprint density at radius 3 is 2.87 bits per heavy atom. The van der Waals surface area contributed by atoms with Gasteiger partial charge >= 0.3 is 5.97 Å². The molecule has 0 aliphatic heterocycles. The first-order valence-corrected chi connectivity index (χ1v) is 7.70. The van der Waals surface area contributed by atoms with Crippen molar-refractivity contribution in [2.45, 2.75) is 39.2 Å². The van der Waals surface area contributed by atoms with Crippen molar-refractivity contribution in [3.8, 4) is 6.07 Å². The van der Waals surface area contributed by atoms with Gasteiger partial charge in [0.05, 0.1) is 12.5 Å². The summed E-state index contributed by atoms with van der Waals surface area (Å²) in [5.74, 6) is -0.967. The third-order valence-corrected chi connectivity index (χ3v) is 3.74. The number of rotatable bonds is 7. The predicted octanol–water partition coefficient (Wildman–Crippen LogP) is 2.03. The molecule has 1 saturated carbocycles. The van der Waals surface area contributed by atoms with Crippen LogP contribution in [0.4, 0.5) is 0 Å². The number of nitriles is 1. The number of carbonyl (C=O) groups excluding carboxylic acids is 2. The van der Waals surface area contributed by atoms with Crippen molar-refractivity contribution >= 4 is 18.0 Å². The van der Waals surface area contributed by atoms with Crippen LogP contribution in [0.3, 0.4) is 0 Å². The number of esters is 1. The smallest absolute Gasteiger partial charge is 0.331 e. The number of aromatic nitrogens is 1. The van der Waals surface area contributed by atoms with Crippen molar-refractivity contribution in [2.24, 2.45) is 0 Å². The van der Waals surface area contributed by atoms with Gasteiger partial charge in [-0.15, -0.1) is 0 Å². The SMILES string of the molecule is Cc1cc(/C=C/C(=O)OCC(=O)NCCC#N)c(C)n1C1CC1. The molecule has 0 atom stereocenters. The number of aryl methyl sites for hydroxylation is 1. The van der Waals surface area contributed by atoms with Gasteiger partial charge in [0.2, 0.25) is 0 Å². The van der Waals surface area contributed by atoms with E-state index in [0.29, 0.717) is 6.04 Å². The molecule has 0 unspecified atom stereocenters. The lowest BCUT2D eigenvalue weighted by Gasteiger charge is -2.06. The molecule has 0 spiro atoms. The molecule has 1 aromatic heterocycles. The van der Waals surface area contributed by atoms with Crippen LogP contribution in [-0.4, -0.2) is 29.6 Å². The second-order valence-electron chi connectivity index (χ2n) is 5.63. The molecule has 6 nitrogen and oxygen atoms in total. The first-order valence-electron chi connectivity index (χ1n) is 7.70. The van der Waals surface area contributed by atoms with Crippen LogP contribution in [0.2, 0.25) is 0 Å². The molecule has 1 N–H and O–H groups in total. The summed E-state index contributed by atoms with van der Waals surface area (Å²) in [6.07, 6.45) is 5.71. The third-order valence-electron chi connectivity index (χ3n) is 3.74. The third kappa shape index (κ3) is 4.71. The minimum Gasteiger partial charge on any atom is -0.452 e. The molecule has 0 saturated heterocycles. The van der Waals surface area contributed by atoms with E-state index in [2.05, 4.69) is 16.8 Å². The van der Waals surface area contributed by atoms with Gasteiger partial charge in [-0.05, 0) is 44.4 Å². The number of carbonyl (C=O) groups is 2. The van der Waals surface area contributed by atoms with E-state index >= 15 is 0 Å². The summed E-state index contributed by atoms with van der Waals surface area (Å²) in [5.41, 5.74) is 3.32. The normalized spacial score (nSPS) is 13.8. The highest BCUT2D eigenvalue weighted by Gasteiger charge is 2.26. The minimum atomic E-state index is -0.559. The summed E-state index contributed by atoms with van der Waals surface area (Å²) < 4.78 is 7.16. The minimum absolute atomic E-state index is 0.232. The van der Waals surface area contributed by atoms with E-state index in [4.69, 9.17) is 10.00 Å². The van der Waals surface area contributed by atoms with E-state index < -0.39 is 11.9 Å². The predicted molar refractivity (Wildman–Crippen MR) is 85.4 cm³/mol. The maximum absolute atomic E-state index is 11.7. The maximum Gasteiger partial charge on any atom is 0.331 e. The fraction of sp³-hybridized carbons (Fsp3) is 0.471. The van der Waals surface area contributed by atoms with Crippen LogP contribution in [-0.2, 0) is 14.3 Å². The fourth-order valence-corrected chi connectivity index (χ4v) is 2.52. The highest BCUT2D eigenvalue weighted by molar-refractivity contribution is 5.89. The van der Waals surface area contributed by atoms with Gasteiger partial charge in [-0.25, -0.2) is 4.79 Å². The summed E-state index contributed by atoms with van der Waals surface area (Å²) in [5, 5.41) is 10.8. The quantitative estimate of drug-likeness (QED) is 0.474. The van der Waals surface area contributed by atoms with Crippen molar-refractivity contribution in [1.82, 2.24) is 9.88 Å². The molecule has 2 rings (SSSR count). The Balaban J connectivity index is 1.83. The number of hydrogen-bond acceptors (Lipinski definition) is 4. The van der Waals surface area contributed by atoms with Crippen LogP contribution < -0.4 is 5.32 Å². The Labute approximate surface area is 135 Å². The Morgan fingerprint density at radius 1 is 1.48 bits per heavy atom. The second kappa shape index (κ2) is 7.63. The van der Waals surface area contributed by atoms with Crippen LogP contribution >= 0.6 is 0 Å². The molecule has 1 fully saturated rings. The zero-order chi connectivity index (χ0) is 16.8. The Kier molecular flexibility index (Phi) is 5.58. The van der Waals surface area contributed by atoms with Crippen molar-refractivity contribution in [3.63, 3.8) is 0 Å². The van der Waals surface area contributed by atoms with Crippen molar-refractivity contribution in [2.75, 3.05) is 13.2 Å². The zero-order valence-electron chi connectivity index (χ0n) is 13.5. The van der Waals surface area contributed by atoms with Gasteiger partial charge < -0.3 is 14.6 Å². The van der Waals surface area contributed by atoms with Gasteiger partial charge in [-0.1, -0.05) is 0 Å². The molecule has 0 aromatic carbocycles. The lowest BCUT2D eigenvalue weighted by molar-refractivity contribution is -0.143. The second-order valence-corrected chi connectivity index (χ2v) is 5.63. The Hall–Kier alpha value is -2.55. The Bertz CT molecular complexity index is 663. The summed E-state index contributed by atoms with van der Waals surface area (Å²) in [4.78, 5) is 23.0. The molecular weight excluding hydrogens is 294 g/mol. The number of hydrogen-bond donors (Lipinski definition) is 1. The summed E-state index contributed by atoms with van der Waals surface area (Å²) in [6, 6.07) is 4.56. The molecule has 1 amide bonds. The standard InChI is InChI=1S/C17H21N3O3/c1-12-10-14(13(2)20(12)15-5-6-15)4-7-17(22)23-11-16(21)19-9-3-8-18/h4,7,10,15H,3,5-6,9,11H2,1-2H3,(H,19,21)/b7-4+. The van der Waals surface area contributed by atoms with Crippen LogP contribution in [0, 0.1) is 25.2 Å². The number of ether oxygens (including phenoxy) is 1. The number of amides is 1. The molecule has 6 heteroatoms. The van der Waals surface area contributed by atoms with Crippen molar-refractivity contribution < 1.29 is 14.3 Å². The number of nitrogens with zero attached hydrogens (tertiary/aromatic N) is 2. The molecule has 23 heavy (non-hydrogen) atoms. The van der Waals surface area contributed by atoms with Crippen LogP contribution in [0.1, 0.15) is 42.3 Å². The molecule has 1 aliphatic carbocycles. The van der Waals surface area contributed by atoms with Crippen LogP contribution in [0.5, 0.6) is 0 Å². The van der Waals surface area contributed by atoms with E-state index in [1.165, 1.54) is 24.6 Å². The van der Waals surface area contributed by atoms with Crippen molar-refractivity contribution in [1.29, 1.82) is 5.26 Å². The first-order chi connectivity index (χ1) is 11.0. The summed E-state index contributed by atoms with van der Waals surface area (Å²) >= 11 is 0. The van der Waals surface area contributed by atoms with E-state index in [9.17, 15) is 9.59 Å². The van der Waals surface area contributed by atoms with Gasteiger partial charge in [0.25, 0.3) is 5.91 Å². The van der Waals surface area contributed by atoms with Gasteiger partial charge in [-0.2, -0.15) is 5.26 Å². The van der Waals surface area contributed by atoms with Gasteiger partial charge in [-0.3, -0.25) is 4.79 Å². The molecule has 1 aliphatic rings. The van der Waals surface area contributed by atoms with Gasteiger partial charge in [0, 0.05) is 30.1 Å². The van der Waals surface area contributed by atoms with Crippen LogP contribution in [0.25, 0.3) is 6.08 Å². The van der Waals surface area contributed by atoms with Crippen molar-refractivity contribution in [3.05, 3.63) is 29.1 Å². The molecule has 0 radical (unpaired) electrons. The van der Waals surface area contributed by atoms with E-state index in [0.717, 1.165) is 11.3 Å². The number of nitrogens with one attached hydrogen (secondary N) is 1. The van der Waals surface area contributed by atoms with Gasteiger partial charge in [0.15, 0.2) is 6.61 Å². The average molecular weight is 315 g/mol. The highest BCUT2D eigenvalue weighted by atomic mass is 16.5. The molecule has 1 aromatic rings. The van der Waals surface area contributed by atoms with Gasteiger partial charge in [0.1, 0.15) is 0 Å². The molecular formula is C17H21N3O3. The summed E-state index contributed by atoms with van der Waals surface area (Å²) in [7, 11) is 0. The maximum atomic E-state index is 11.7. The molecule has 1 heterocycles. The molecule has 0 bridgehead atoms. The average Bonchev–Trinajstić information content (AvgIpc) is 3.30. The topological polar surface area (TPSA) is 84.1 Å². The first kappa shape index (κ1) is 16.8. The zero-order valence-corrected chi connectivity index (χ0v) is 13.5. The highest BCUT2D eigenvalue weighted by Crippen LogP contribution is 2.38. The molecule has 122 valence electrons. The summed E-state index contributed by atoms with van der Waals surface area (Å²) in [6.45, 7) is 4.02.